The lowest BCUT2D eigenvalue weighted by Crippen LogP contribution is -2.41. The van der Waals surface area contributed by atoms with Gasteiger partial charge in [-0.1, -0.05) is 57.9 Å². The van der Waals surface area contributed by atoms with E-state index in [1.54, 1.807) is 0 Å². The van der Waals surface area contributed by atoms with Gasteiger partial charge in [-0.3, -0.25) is 4.79 Å². The fourth-order valence-corrected chi connectivity index (χ4v) is 3.17. The van der Waals surface area contributed by atoms with Gasteiger partial charge in [0, 0.05) is 12.6 Å². The second-order valence-corrected chi connectivity index (χ2v) is 7.11. The SMILES string of the molecule is CCC(OC1CCCC1)C(=O)NCC(N)c1ccc(C(C)C)cc1. The quantitative estimate of drug-likeness (QED) is 0.763. The summed E-state index contributed by atoms with van der Waals surface area (Å²) in [6, 6.07) is 8.13. The molecule has 1 aliphatic carbocycles. The van der Waals surface area contributed by atoms with Gasteiger partial charge < -0.3 is 15.8 Å². The van der Waals surface area contributed by atoms with Crippen molar-refractivity contribution in [2.45, 2.75) is 77.0 Å². The summed E-state index contributed by atoms with van der Waals surface area (Å²) in [7, 11) is 0. The molecule has 0 aliphatic heterocycles. The Morgan fingerprint density at radius 2 is 1.79 bits per heavy atom. The molecule has 4 heteroatoms. The van der Waals surface area contributed by atoms with E-state index < -0.39 is 0 Å². The van der Waals surface area contributed by atoms with Crippen molar-refractivity contribution in [2.24, 2.45) is 5.73 Å². The average Bonchev–Trinajstić information content (AvgIpc) is 3.10. The van der Waals surface area contributed by atoms with Gasteiger partial charge in [0.25, 0.3) is 0 Å². The fourth-order valence-electron chi connectivity index (χ4n) is 3.17. The van der Waals surface area contributed by atoms with E-state index in [4.69, 9.17) is 10.5 Å². The van der Waals surface area contributed by atoms with Gasteiger partial charge in [0.15, 0.2) is 0 Å². The second-order valence-electron chi connectivity index (χ2n) is 7.11. The summed E-state index contributed by atoms with van der Waals surface area (Å²) in [4.78, 5) is 12.3. The highest BCUT2D eigenvalue weighted by Crippen LogP contribution is 2.23. The van der Waals surface area contributed by atoms with Gasteiger partial charge in [0.1, 0.15) is 6.10 Å². The molecule has 0 heterocycles. The first-order valence-electron chi connectivity index (χ1n) is 9.29. The molecule has 3 N–H and O–H groups in total. The van der Waals surface area contributed by atoms with Gasteiger partial charge in [-0.15, -0.1) is 0 Å². The topological polar surface area (TPSA) is 64.3 Å². The molecule has 0 spiro atoms. The molecule has 2 atom stereocenters. The van der Waals surface area contributed by atoms with Gasteiger partial charge in [-0.05, 0) is 36.3 Å². The van der Waals surface area contributed by atoms with Crippen LogP contribution in [0.2, 0.25) is 0 Å². The Morgan fingerprint density at radius 3 is 2.33 bits per heavy atom. The average molecular weight is 332 g/mol. The first-order chi connectivity index (χ1) is 11.5. The maximum Gasteiger partial charge on any atom is 0.249 e. The molecular weight excluding hydrogens is 300 g/mol. The van der Waals surface area contributed by atoms with E-state index in [0.29, 0.717) is 18.9 Å². The number of hydrogen-bond acceptors (Lipinski definition) is 3. The highest BCUT2D eigenvalue weighted by atomic mass is 16.5. The fraction of sp³-hybridized carbons (Fsp3) is 0.650. The highest BCUT2D eigenvalue weighted by Gasteiger charge is 2.24. The summed E-state index contributed by atoms with van der Waals surface area (Å²) in [6.07, 6.45) is 5.15. The Kier molecular flexibility index (Phi) is 7.25. The van der Waals surface area contributed by atoms with Crippen molar-refractivity contribution in [3.8, 4) is 0 Å². The molecule has 1 saturated carbocycles. The monoisotopic (exact) mass is 332 g/mol. The molecule has 4 nitrogen and oxygen atoms in total. The number of ether oxygens (including phenoxy) is 1. The zero-order valence-corrected chi connectivity index (χ0v) is 15.3. The zero-order chi connectivity index (χ0) is 17.5. The van der Waals surface area contributed by atoms with Crippen LogP contribution in [-0.2, 0) is 9.53 Å². The molecule has 24 heavy (non-hydrogen) atoms. The van der Waals surface area contributed by atoms with E-state index in [1.807, 2.05) is 6.92 Å². The predicted octanol–water partition coefficient (Wildman–Crippen LogP) is 3.66. The van der Waals surface area contributed by atoms with Crippen molar-refractivity contribution in [1.29, 1.82) is 0 Å². The third-order valence-electron chi connectivity index (χ3n) is 4.85. The van der Waals surface area contributed by atoms with E-state index in [1.165, 1.54) is 18.4 Å². The minimum Gasteiger partial charge on any atom is -0.365 e. The van der Waals surface area contributed by atoms with E-state index >= 15 is 0 Å². The third kappa shape index (κ3) is 5.32. The van der Waals surface area contributed by atoms with Crippen LogP contribution in [0.25, 0.3) is 0 Å². The number of carbonyl (C=O) groups is 1. The number of rotatable bonds is 8. The van der Waals surface area contributed by atoms with Gasteiger partial charge in [0.05, 0.1) is 6.10 Å². The second kappa shape index (κ2) is 9.19. The van der Waals surface area contributed by atoms with Crippen molar-refractivity contribution in [3.63, 3.8) is 0 Å². The van der Waals surface area contributed by atoms with Crippen LogP contribution in [0, 0.1) is 0 Å². The molecule has 1 aromatic rings. The van der Waals surface area contributed by atoms with Crippen LogP contribution in [0.4, 0.5) is 0 Å². The van der Waals surface area contributed by atoms with E-state index in [-0.39, 0.29) is 24.2 Å². The molecule has 1 aliphatic rings. The number of nitrogens with two attached hydrogens (primary N) is 1. The number of hydrogen-bond donors (Lipinski definition) is 2. The molecule has 1 aromatic carbocycles. The first kappa shape index (κ1) is 18.9. The lowest BCUT2D eigenvalue weighted by molar-refractivity contribution is -0.136. The smallest absolute Gasteiger partial charge is 0.249 e. The Balaban J connectivity index is 1.82. The van der Waals surface area contributed by atoms with Gasteiger partial charge in [-0.2, -0.15) is 0 Å². The van der Waals surface area contributed by atoms with Crippen LogP contribution in [0.15, 0.2) is 24.3 Å². The third-order valence-corrected chi connectivity index (χ3v) is 4.85. The molecule has 2 unspecified atom stereocenters. The summed E-state index contributed by atoms with van der Waals surface area (Å²) < 4.78 is 5.95. The molecule has 0 bridgehead atoms. The van der Waals surface area contributed by atoms with Crippen LogP contribution >= 0.6 is 0 Å². The van der Waals surface area contributed by atoms with Gasteiger partial charge in [-0.25, -0.2) is 0 Å². The van der Waals surface area contributed by atoms with Crippen LogP contribution in [0.1, 0.15) is 76.0 Å². The number of nitrogens with one attached hydrogen (secondary N) is 1. The van der Waals surface area contributed by atoms with Crippen LogP contribution < -0.4 is 11.1 Å². The predicted molar refractivity (Wildman–Crippen MR) is 97.9 cm³/mol. The highest BCUT2D eigenvalue weighted by molar-refractivity contribution is 5.80. The maximum atomic E-state index is 12.3. The number of amides is 1. The van der Waals surface area contributed by atoms with Crippen molar-refractivity contribution in [1.82, 2.24) is 5.32 Å². The van der Waals surface area contributed by atoms with Gasteiger partial charge >= 0.3 is 0 Å². The van der Waals surface area contributed by atoms with Crippen LogP contribution in [0.5, 0.6) is 0 Å². The largest absolute Gasteiger partial charge is 0.365 e. The zero-order valence-electron chi connectivity index (χ0n) is 15.3. The number of benzene rings is 1. The Morgan fingerprint density at radius 1 is 1.21 bits per heavy atom. The minimum atomic E-state index is -0.358. The number of carbonyl (C=O) groups excluding carboxylic acids is 1. The Labute approximate surface area is 146 Å². The molecule has 134 valence electrons. The molecular formula is C20H32N2O2. The maximum absolute atomic E-state index is 12.3. The summed E-state index contributed by atoms with van der Waals surface area (Å²) >= 11 is 0. The summed E-state index contributed by atoms with van der Waals surface area (Å²) in [5, 5.41) is 2.95. The lowest BCUT2D eigenvalue weighted by Gasteiger charge is -2.21. The lowest BCUT2D eigenvalue weighted by atomic mass is 9.99. The Hall–Kier alpha value is -1.39. The van der Waals surface area contributed by atoms with Crippen LogP contribution in [-0.4, -0.2) is 24.7 Å². The summed E-state index contributed by atoms with van der Waals surface area (Å²) in [5.41, 5.74) is 8.56. The molecule has 2 rings (SSSR count). The Bertz CT molecular complexity index is 507. The molecule has 0 saturated heterocycles. The molecule has 1 fully saturated rings. The van der Waals surface area contributed by atoms with Crippen molar-refractivity contribution < 1.29 is 9.53 Å². The van der Waals surface area contributed by atoms with Gasteiger partial charge in [0.2, 0.25) is 5.91 Å². The van der Waals surface area contributed by atoms with Crippen molar-refractivity contribution in [2.75, 3.05) is 6.54 Å². The van der Waals surface area contributed by atoms with Crippen molar-refractivity contribution in [3.05, 3.63) is 35.4 Å². The van der Waals surface area contributed by atoms with E-state index in [0.717, 1.165) is 18.4 Å². The molecule has 0 aromatic heterocycles. The van der Waals surface area contributed by atoms with E-state index in [9.17, 15) is 4.79 Å². The van der Waals surface area contributed by atoms with E-state index in [2.05, 4.69) is 43.4 Å². The standard InChI is InChI=1S/C20H32N2O2/c1-4-19(24-17-7-5-6-8-17)20(23)22-13-18(21)16-11-9-15(10-12-16)14(2)3/h9-12,14,17-19H,4-8,13,21H2,1-3H3,(H,22,23). The molecule has 1 amide bonds. The minimum absolute atomic E-state index is 0.0429. The summed E-state index contributed by atoms with van der Waals surface area (Å²) in [5.74, 6) is 0.465. The van der Waals surface area contributed by atoms with Crippen LogP contribution in [0.3, 0.4) is 0 Å². The first-order valence-corrected chi connectivity index (χ1v) is 9.29. The summed E-state index contributed by atoms with van der Waals surface area (Å²) in [6.45, 7) is 6.77. The van der Waals surface area contributed by atoms with Crippen molar-refractivity contribution >= 4 is 5.91 Å². The normalized spacial score (nSPS) is 17.9. The molecule has 0 radical (unpaired) electrons.